The quantitative estimate of drug-likeness (QED) is 0.325. The molecule has 3 heterocycles. The second-order valence-corrected chi connectivity index (χ2v) is 8.32. The summed E-state index contributed by atoms with van der Waals surface area (Å²) in [6, 6.07) is 7.90. The second-order valence-electron chi connectivity index (χ2n) is 6.45. The molecule has 7 nitrogen and oxygen atoms in total. The first-order valence-corrected chi connectivity index (χ1v) is 11.0. The molecule has 1 atom stereocenters. The number of ether oxygens (including phenoxy) is 1. The Kier molecular flexibility index (Phi) is 5.45. The number of nitrogens with zero attached hydrogens (tertiary/aromatic N) is 4. The van der Waals surface area contributed by atoms with Crippen molar-refractivity contribution in [1.29, 1.82) is 0 Å². The van der Waals surface area contributed by atoms with E-state index in [1.165, 1.54) is 23.5 Å². The molecule has 0 N–H and O–H groups in total. The number of rotatable bonds is 4. The Morgan fingerprint density at radius 2 is 1.93 bits per heavy atom. The maximum atomic E-state index is 13.0. The lowest BCUT2D eigenvalue weighted by atomic mass is 10.1. The van der Waals surface area contributed by atoms with E-state index in [1.807, 2.05) is 30.5 Å². The smallest absolute Gasteiger partial charge is 0.244 e. The number of carbonyl (C=O) groups is 2. The van der Waals surface area contributed by atoms with Crippen molar-refractivity contribution in [1.82, 2.24) is 14.9 Å². The van der Waals surface area contributed by atoms with Gasteiger partial charge < -0.3 is 14.5 Å². The van der Waals surface area contributed by atoms with Gasteiger partial charge in [0.25, 0.3) is 0 Å². The van der Waals surface area contributed by atoms with Crippen LogP contribution < -0.4 is 9.64 Å². The number of hydrogen-bond donors (Lipinski definition) is 0. The van der Waals surface area contributed by atoms with E-state index < -0.39 is 5.25 Å². The van der Waals surface area contributed by atoms with E-state index in [1.54, 1.807) is 18.2 Å². The Hall–Kier alpha value is -2.26. The van der Waals surface area contributed by atoms with E-state index in [0.29, 0.717) is 28.8 Å². The van der Waals surface area contributed by atoms with Crippen LogP contribution in [0.2, 0.25) is 0 Å². The van der Waals surface area contributed by atoms with Crippen LogP contribution >= 0.6 is 23.5 Å². The fraction of sp³-hybridized carbons (Fsp3) is 0.368. The van der Waals surface area contributed by atoms with Crippen molar-refractivity contribution in [2.24, 2.45) is 0 Å². The molecule has 1 saturated heterocycles. The first kappa shape index (κ1) is 19.1. The van der Waals surface area contributed by atoms with Crippen molar-refractivity contribution in [3.8, 4) is 5.75 Å². The average molecular weight is 417 g/mol. The fourth-order valence-corrected chi connectivity index (χ4v) is 4.85. The summed E-state index contributed by atoms with van der Waals surface area (Å²) in [6.07, 6.45) is 3.42. The van der Waals surface area contributed by atoms with E-state index in [0.717, 1.165) is 24.5 Å². The summed E-state index contributed by atoms with van der Waals surface area (Å²) in [6.45, 7) is 2.64. The van der Waals surface area contributed by atoms with Crippen LogP contribution in [-0.4, -0.2) is 71.4 Å². The molecule has 0 aliphatic carbocycles. The topological polar surface area (TPSA) is 75.6 Å². The zero-order valence-corrected chi connectivity index (χ0v) is 17.3. The fourth-order valence-electron chi connectivity index (χ4n) is 3.32. The van der Waals surface area contributed by atoms with Gasteiger partial charge in [-0.05, 0) is 30.5 Å². The molecule has 1 fully saturated rings. The summed E-state index contributed by atoms with van der Waals surface area (Å²) < 4.78 is 5.20. The Morgan fingerprint density at radius 3 is 2.57 bits per heavy atom. The molecule has 0 spiro atoms. The Bertz CT molecular complexity index is 899. The van der Waals surface area contributed by atoms with Gasteiger partial charge in [0.1, 0.15) is 10.8 Å². The predicted molar refractivity (Wildman–Crippen MR) is 110 cm³/mol. The summed E-state index contributed by atoms with van der Waals surface area (Å²) in [5.41, 5.74) is 1.56. The molecule has 9 heteroatoms. The maximum Gasteiger partial charge on any atom is 0.244 e. The summed E-state index contributed by atoms with van der Waals surface area (Å²) in [5, 5.41) is 0.480. The molecule has 2 aliphatic heterocycles. The zero-order chi connectivity index (χ0) is 19.7. The van der Waals surface area contributed by atoms with Crippen molar-refractivity contribution in [3.05, 3.63) is 36.0 Å². The van der Waals surface area contributed by atoms with Crippen molar-refractivity contribution in [2.45, 2.75) is 15.4 Å². The van der Waals surface area contributed by atoms with Crippen molar-refractivity contribution in [3.63, 3.8) is 0 Å². The minimum atomic E-state index is -0.742. The molecule has 4 rings (SSSR count). The van der Waals surface area contributed by atoms with Crippen molar-refractivity contribution < 1.29 is 14.3 Å². The molecular formula is C19H20N4O3S2. The third-order valence-electron chi connectivity index (χ3n) is 4.90. The molecular weight excluding hydrogens is 396 g/mol. The maximum absolute atomic E-state index is 13.0. The van der Waals surface area contributed by atoms with Crippen LogP contribution in [0.1, 0.15) is 10.4 Å². The van der Waals surface area contributed by atoms with Crippen LogP contribution in [-0.2, 0) is 4.79 Å². The second kappa shape index (κ2) is 8.00. The van der Waals surface area contributed by atoms with Gasteiger partial charge in [-0.25, -0.2) is 9.97 Å². The molecule has 0 radical (unpaired) electrons. The number of benzene rings is 1. The van der Waals surface area contributed by atoms with Crippen LogP contribution in [0.3, 0.4) is 0 Å². The normalized spacial score (nSPS) is 18.9. The van der Waals surface area contributed by atoms with Gasteiger partial charge in [0, 0.05) is 38.1 Å². The number of fused-ring (bicyclic) bond motifs is 1. The number of hydrogen-bond acceptors (Lipinski definition) is 8. The molecule has 146 valence electrons. The molecule has 2 aliphatic rings. The number of anilines is 1. The average Bonchev–Trinajstić information content (AvgIpc) is 3.09. The number of piperazine rings is 1. The number of methoxy groups -OCH3 is 1. The first-order valence-electron chi connectivity index (χ1n) is 8.90. The number of thioether (sulfide) groups is 2. The molecule has 1 amide bonds. The number of carbonyl (C=O) groups excluding carboxylic acids is 2. The van der Waals surface area contributed by atoms with E-state index in [2.05, 4.69) is 14.9 Å². The lowest BCUT2D eigenvalue weighted by Crippen LogP contribution is -2.51. The summed E-state index contributed by atoms with van der Waals surface area (Å²) >= 11 is 2.66. The number of amides is 1. The van der Waals surface area contributed by atoms with Gasteiger partial charge in [-0.1, -0.05) is 23.5 Å². The minimum absolute atomic E-state index is 0.131. The summed E-state index contributed by atoms with van der Waals surface area (Å²) in [7, 11) is 1.65. The highest BCUT2D eigenvalue weighted by Crippen LogP contribution is 2.37. The molecule has 2 aromatic rings. The SMILES string of the molecule is COc1ccc(N2CCN(C(=O)C3Sc4nc(SC)ncc4C3=O)CC2)cc1. The highest BCUT2D eigenvalue weighted by atomic mass is 32.2. The zero-order valence-electron chi connectivity index (χ0n) is 15.6. The van der Waals surface area contributed by atoms with Gasteiger partial charge in [0.05, 0.1) is 12.7 Å². The lowest BCUT2D eigenvalue weighted by Gasteiger charge is -2.36. The monoisotopic (exact) mass is 416 g/mol. The first-order chi connectivity index (χ1) is 13.6. The van der Waals surface area contributed by atoms with E-state index >= 15 is 0 Å². The van der Waals surface area contributed by atoms with Crippen LogP contribution in [0.25, 0.3) is 0 Å². The molecule has 1 aromatic heterocycles. The minimum Gasteiger partial charge on any atom is -0.497 e. The molecule has 0 bridgehead atoms. The predicted octanol–water partition coefficient (Wildman–Crippen LogP) is 2.21. The highest BCUT2D eigenvalue weighted by molar-refractivity contribution is 8.02. The van der Waals surface area contributed by atoms with Gasteiger partial charge in [0.2, 0.25) is 5.91 Å². The Labute approximate surface area is 171 Å². The van der Waals surface area contributed by atoms with Gasteiger partial charge in [0.15, 0.2) is 16.2 Å². The van der Waals surface area contributed by atoms with E-state index in [4.69, 9.17) is 4.74 Å². The van der Waals surface area contributed by atoms with Crippen LogP contribution in [0.15, 0.2) is 40.6 Å². The lowest BCUT2D eigenvalue weighted by molar-refractivity contribution is -0.130. The number of aromatic nitrogens is 2. The molecule has 1 unspecified atom stereocenters. The Balaban J connectivity index is 1.39. The van der Waals surface area contributed by atoms with E-state index in [-0.39, 0.29) is 11.7 Å². The number of ketones is 1. The van der Waals surface area contributed by atoms with Crippen LogP contribution in [0.4, 0.5) is 5.69 Å². The third-order valence-corrected chi connectivity index (χ3v) is 6.65. The van der Waals surface area contributed by atoms with Crippen molar-refractivity contribution in [2.75, 3.05) is 44.4 Å². The molecule has 28 heavy (non-hydrogen) atoms. The highest BCUT2D eigenvalue weighted by Gasteiger charge is 2.41. The van der Waals surface area contributed by atoms with E-state index in [9.17, 15) is 9.59 Å². The third kappa shape index (κ3) is 3.56. The van der Waals surface area contributed by atoms with Gasteiger partial charge in [-0.3, -0.25) is 9.59 Å². The van der Waals surface area contributed by atoms with Gasteiger partial charge >= 0.3 is 0 Å². The van der Waals surface area contributed by atoms with Crippen LogP contribution in [0.5, 0.6) is 5.75 Å². The Morgan fingerprint density at radius 1 is 1.21 bits per heavy atom. The molecule has 0 saturated carbocycles. The van der Waals surface area contributed by atoms with Gasteiger partial charge in [-0.15, -0.1) is 0 Å². The summed E-state index contributed by atoms with van der Waals surface area (Å²) in [4.78, 5) is 38.2. The molecule has 1 aromatic carbocycles. The van der Waals surface area contributed by atoms with Gasteiger partial charge in [-0.2, -0.15) is 0 Å². The number of Topliss-reactive ketones (excluding diaryl/α,β-unsaturated/α-hetero) is 1. The largest absolute Gasteiger partial charge is 0.497 e. The summed E-state index contributed by atoms with van der Waals surface area (Å²) in [5.74, 6) is 0.505. The van der Waals surface area contributed by atoms with Crippen LogP contribution in [0, 0.1) is 0 Å². The standard InChI is InChI=1S/C19H20N4O3S2/c1-26-13-5-3-12(4-6-13)22-7-9-23(10-8-22)18(25)16-15(24)14-11-20-19(27-2)21-17(14)28-16/h3-6,11,16H,7-10H2,1-2H3. The van der Waals surface area contributed by atoms with Crippen molar-refractivity contribution >= 4 is 40.9 Å².